The standard InChI is InChI=1S/C30H30ClF3N4O3/c1-19-8-6-11-22(14-19)36(2)28(39)25-17-24-23(38(25)27-16-21(30(32,33)34)15-26(31)35-27)12-7-13-37(24)29(40)41-18-20-9-4-3-5-10-20/h3-6,8-11,14-16,23-25H,7,12-13,17-18H2,1-2H3. The molecule has 3 atom stereocenters. The van der Waals surface area contributed by atoms with Gasteiger partial charge in [0.15, 0.2) is 0 Å². The zero-order valence-electron chi connectivity index (χ0n) is 22.6. The molecule has 41 heavy (non-hydrogen) atoms. The molecule has 0 saturated carbocycles. The average molecular weight is 587 g/mol. The van der Waals surface area contributed by atoms with E-state index < -0.39 is 36.0 Å². The Kier molecular flexibility index (Phi) is 8.13. The number of fused-ring (bicyclic) bond motifs is 1. The first-order chi connectivity index (χ1) is 19.5. The van der Waals surface area contributed by atoms with Gasteiger partial charge in [-0.2, -0.15) is 13.2 Å². The molecule has 11 heteroatoms. The van der Waals surface area contributed by atoms with E-state index >= 15 is 0 Å². The monoisotopic (exact) mass is 586 g/mol. The number of likely N-dealkylation sites (N-methyl/N-ethyl adjacent to an activating group) is 1. The van der Waals surface area contributed by atoms with Crippen molar-refractivity contribution in [3.63, 3.8) is 0 Å². The first kappa shape index (κ1) is 28.7. The topological polar surface area (TPSA) is 66.0 Å². The Balaban J connectivity index is 1.49. The van der Waals surface area contributed by atoms with Gasteiger partial charge in [-0.25, -0.2) is 9.78 Å². The Morgan fingerprint density at radius 1 is 1.07 bits per heavy atom. The van der Waals surface area contributed by atoms with Crippen LogP contribution in [0.4, 0.5) is 29.5 Å². The van der Waals surface area contributed by atoms with Gasteiger partial charge in [0.05, 0.1) is 17.6 Å². The molecular formula is C30H30ClF3N4O3. The summed E-state index contributed by atoms with van der Waals surface area (Å²) in [5.41, 5.74) is 1.49. The number of rotatable bonds is 5. The maximum Gasteiger partial charge on any atom is 0.416 e. The van der Waals surface area contributed by atoms with Crippen LogP contribution in [0.15, 0.2) is 66.7 Å². The highest BCUT2D eigenvalue weighted by Gasteiger charge is 2.51. The van der Waals surface area contributed by atoms with Crippen molar-refractivity contribution in [2.24, 2.45) is 0 Å². The average Bonchev–Trinajstić information content (AvgIpc) is 3.35. The molecule has 1 aromatic heterocycles. The zero-order chi connectivity index (χ0) is 29.3. The van der Waals surface area contributed by atoms with Crippen LogP contribution in [0, 0.1) is 6.92 Å². The molecule has 2 fully saturated rings. The number of halogens is 4. The largest absolute Gasteiger partial charge is 0.445 e. The van der Waals surface area contributed by atoms with Crippen molar-refractivity contribution in [3.8, 4) is 0 Å². The molecule has 0 radical (unpaired) electrons. The van der Waals surface area contributed by atoms with Crippen LogP contribution < -0.4 is 9.80 Å². The lowest BCUT2D eigenvalue weighted by atomic mass is 9.96. The first-order valence-corrected chi connectivity index (χ1v) is 13.8. The van der Waals surface area contributed by atoms with E-state index in [1.807, 2.05) is 55.5 Å². The number of pyridine rings is 1. The van der Waals surface area contributed by atoms with Crippen LogP contribution in [0.1, 0.15) is 36.0 Å². The third kappa shape index (κ3) is 6.12. The number of aryl methyl sites for hydroxylation is 1. The van der Waals surface area contributed by atoms with Crippen molar-refractivity contribution in [1.82, 2.24) is 9.88 Å². The zero-order valence-corrected chi connectivity index (χ0v) is 23.4. The fraction of sp³-hybridized carbons (Fsp3) is 0.367. The van der Waals surface area contributed by atoms with Crippen LogP contribution in [0.2, 0.25) is 5.15 Å². The van der Waals surface area contributed by atoms with E-state index in [2.05, 4.69) is 4.98 Å². The number of anilines is 2. The molecule has 216 valence electrons. The summed E-state index contributed by atoms with van der Waals surface area (Å²) in [6, 6.07) is 16.5. The van der Waals surface area contributed by atoms with Crippen molar-refractivity contribution in [3.05, 3.63) is 88.6 Å². The van der Waals surface area contributed by atoms with Crippen molar-refractivity contribution >= 4 is 35.1 Å². The number of nitrogens with zero attached hydrogens (tertiary/aromatic N) is 4. The summed E-state index contributed by atoms with van der Waals surface area (Å²) in [6.07, 6.45) is -3.84. The molecular weight excluding hydrogens is 557 g/mol. The van der Waals surface area contributed by atoms with Crippen molar-refractivity contribution < 1.29 is 27.5 Å². The maximum atomic E-state index is 14.0. The lowest BCUT2D eigenvalue weighted by Crippen LogP contribution is -2.53. The fourth-order valence-corrected chi connectivity index (χ4v) is 5.97. The smallest absolute Gasteiger partial charge is 0.416 e. The first-order valence-electron chi connectivity index (χ1n) is 13.4. The van der Waals surface area contributed by atoms with Crippen LogP contribution in [-0.4, -0.2) is 53.6 Å². The number of carbonyl (C=O) groups is 2. The lowest BCUT2D eigenvalue weighted by Gasteiger charge is -2.40. The summed E-state index contributed by atoms with van der Waals surface area (Å²) in [5, 5.41) is -0.327. The Labute approximate surface area is 241 Å². The number of amides is 2. The molecule has 3 aromatic rings. The van der Waals surface area contributed by atoms with Gasteiger partial charge in [0.25, 0.3) is 0 Å². The molecule has 2 saturated heterocycles. The number of ether oxygens (including phenoxy) is 1. The highest BCUT2D eigenvalue weighted by molar-refractivity contribution is 6.29. The molecule has 2 aliphatic heterocycles. The number of hydrogen-bond acceptors (Lipinski definition) is 5. The molecule has 2 amide bonds. The van der Waals surface area contributed by atoms with Gasteiger partial charge in [-0.15, -0.1) is 0 Å². The van der Waals surface area contributed by atoms with E-state index in [0.717, 1.165) is 23.3 Å². The normalized spacial score (nSPS) is 20.5. The van der Waals surface area contributed by atoms with Crippen molar-refractivity contribution in [2.75, 3.05) is 23.4 Å². The summed E-state index contributed by atoms with van der Waals surface area (Å²) in [7, 11) is 1.63. The molecule has 3 heterocycles. The Hall–Kier alpha value is -3.79. The summed E-state index contributed by atoms with van der Waals surface area (Å²) in [5.74, 6) is -0.370. The van der Waals surface area contributed by atoms with E-state index in [0.29, 0.717) is 25.1 Å². The van der Waals surface area contributed by atoms with E-state index in [1.165, 1.54) is 4.90 Å². The minimum atomic E-state index is -4.65. The van der Waals surface area contributed by atoms with Gasteiger partial charge in [0.1, 0.15) is 23.6 Å². The van der Waals surface area contributed by atoms with Crippen LogP contribution in [0.5, 0.6) is 0 Å². The number of carbonyl (C=O) groups excluding carboxylic acids is 2. The summed E-state index contributed by atoms with van der Waals surface area (Å²) in [4.78, 5) is 36.2. The van der Waals surface area contributed by atoms with Crippen molar-refractivity contribution in [2.45, 2.75) is 57.1 Å². The fourth-order valence-electron chi connectivity index (χ4n) is 5.76. The number of aromatic nitrogens is 1. The molecule has 0 spiro atoms. The SMILES string of the molecule is Cc1cccc(N(C)C(=O)C2CC3C(CCCN3C(=O)OCc3ccccc3)N2c2cc(C(F)(F)F)cc(Cl)n2)c1. The van der Waals surface area contributed by atoms with Crippen LogP contribution >= 0.6 is 11.6 Å². The Morgan fingerprint density at radius 2 is 1.83 bits per heavy atom. The van der Waals surface area contributed by atoms with E-state index in [9.17, 15) is 22.8 Å². The number of piperidine rings is 1. The van der Waals surface area contributed by atoms with E-state index in [-0.39, 0.29) is 29.9 Å². The number of hydrogen-bond donors (Lipinski definition) is 0. The van der Waals surface area contributed by atoms with E-state index in [1.54, 1.807) is 22.9 Å². The van der Waals surface area contributed by atoms with Gasteiger partial charge in [0, 0.05) is 19.3 Å². The van der Waals surface area contributed by atoms with Gasteiger partial charge in [-0.3, -0.25) is 4.79 Å². The minimum absolute atomic E-state index is 0.0483. The Bertz CT molecular complexity index is 1420. The van der Waals surface area contributed by atoms with Gasteiger partial charge >= 0.3 is 12.3 Å². The number of alkyl halides is 3. The molecule has 2 aromatic carbocycles. The summed E-state index contributed by atoms with van der Waals surface area (Å²) >= 11 is 6.07. The van der Waals surface area contributed by atoms with E-state index in [4.69, 9.17) is 16.3 Å². The lowest BCUT2D eigenvalue weighted by molar-refractivity contribution is -0.137. The second kappa shape index (κ2) is 11.6. The third-order valence-electron chi connectivity index (χ3n) is 7.72. The molecule has 5 rings (SSSR count). The quantitative estimate of drug-likeness (QED) is 0.321. The second-order valence-electron chi connectivity index (χ2n) is 10.4. The molecule has 0 aliphatic carbocycles. The molecule has 7 nitrogen and oxygen atoms in total. The number of benzene rings is 2. The van der Waals surface area contributed by atoms with Crippen LogP contribution in [0.25, 0.3) is 0 Å². The second-order valence-corrected chi connectivity index (χ2v) is 10.8. The predicted molar refractivity (Wildman–Crippen MR) is 150 cm³/mol. The maximum absolute atomic E-state index is 14.0. The molecule has 0 bridgehead atoms. The highest BCUT2D eigenvalue weighted by atomic mass is 35.5. The van der Waals surface area contributed by atoms with Crippen molar-refractivity contribution in [1.29, 1.82) is 0 Å². The minimum Gasteiger partial charge on any atom is -0.445 e. The van der Waals surface area contributed by atoms with Crippen LogP contribution in [-0.2, 0) is 22.3 Å². The Morgan fingerprint density at radius 3 is 2.54 bits per heavy atom. The van der Waals surface area contributed by atoms with Gasteiger partial charge in [0.2, 0.25) is 5.91 Å². The molecule has 0 N–H and O–H groups in total. The molecule has 2 aliphatic rings. The van der Waals surface area contributed by atoms with Crippen LogP contribution in [0.3, 0.4) is 0 Å². The molecule has 3 unspecified atom stereocenters. The summed E-state index contributed by atoms with van der Waals surface area (Å²) < 4.78 is 46.9. The summed E-state index contributed by atoms with van der Waals surface area (Å²) in [6.45, 7) is 2.40. The van der Waals surface area contributed by atoms with Gasteiger partial charge in [-0.1, -0.05) is 54.1 Å². The third-order valence-corrected chi connectivity index (χ3v) is 7.91. The predicted octanol–water partition coefficient (Wildman–Crippen LogP) is 6.47. The van der Waals surface area contributed by atoms with Gasteiger partial charge in [-0.05, 0) is 61.6 Å². The number of likely N-dealkylation sites (tertiary alicyclic amines) is 1. The van der Waals surface area contributed by atoms with Gasteiger partial charge < -0.3 is 19.4 Å². The highest BCUT2D eigenvalue weighted by Crippen LogP contribution is 2.41.